The molecule has 0 aliphatic heterocycles. The van der Waals surface area contributed by atoms with Crippen LogP contribution in [-0.2, 0) is 0 Å². The quantitative estimate of drug-likeness (QED) is 0.295. The molecule has 0 aliphatic carbocycles. The molecular weight excluding hydrogens is 150 g/mol. The fraction of sp³-hybridized carbons (Fsp3) is 1.00. The summed E-state index contributed by atoms with van der Waals surface area (Å²) in [4.78, 5) is 0. The van der Waals surface area contributed by atoms with E-state index < -0.39 is 5.54 Å². The molecule has 5 heteroatoms. The standard InChI is InChI=1S/C6H15NO4/c8-2-1-7-6(3-9,4-10)5-11/h7-11H,1-5H2. The van der Waals surface area contributed by atoms with Gasteiger partial charge in [0.2, 0.25) is 0 Å². The molecule has 5 N–H and O–H groups in total. The zero-order chi connectivity index (χ0) is 8.74. The maximum atomic E-state index is 8.74. The highest BCUT2D eigenvalue weighted by Gasteiger charge is 2.26. The molecule has 0 aromatic rings. The molecule has 0 aromatic heterocycles. The minimum atomic E-state index is -1.07. The summed E-state index contributed by atoms with van der Waals surface area (Å²) in [6.07, 6.45) is 0. The second kappa shape index (κ2) is 5.45. The van der Waals surface area contributed by atoms with E-state index in [1.54, 1.807) is 0 Å². The number of aliphatic hydroxyl groups is 4. The monoisotopic (exact) mass is 165 g/mol. The van der Waals surface area contributed by atoms with Crippen molar-refractivity contribution < 1.29 is 20.4 Å². The molecule has 68 valence electrons. The molecule has 0 radical (unpaired) electrons. The van der Waals surface area contributed by atoms with Gasteiger partial charge in [0.15, 0.2) is 0 Å². The van der Waals surface area contributed by atoms with Crippen LogP contribution in [0.2, 0.25) is 0 Å². The molecule has 0 unspecified atom stereocenters. The lowest BCUT2D eigenvalue weighted by molar-refractivity contribution is 0.0398. The van der Waals surface area contributed by atoms with Crippen molar-refractivity contribution in [1.29, 1.82) is 0 Å². The molecule has 0 aromatic carbocycles. The zero-order valence-electron chi connectivity index (χ0n) is 6.32. The summed E-state index contributed by atoms with van der Waals surface area (Å²) in [7, 11) is 0. The number of hydrogen-bond donors (Lipinski definition) is 5. The van der Waals surface area contributed by atoms with Crippen molar-refractivity contribution in [2.75, 3.05) is 33.0 Å². The van der Waals surface area contributed by atoms with Crippen molar-refractivity contribution >= 4 is 0 Å². The van der Waals surface area contributed by atoms with Crippen LogP contribution in [0, 0.1) is 0 Å². The fourth-order valence-electron chi connectivity index (χ4n) is 0.639. The van der Waals surface area contributed by atoms with Gasteiger partial charge in [0.25, 0.3) is 0 Å². The van der Waals surface area contributed by atoms with E-state index in [1.807, 2.05) is 0 Å². The number of hydrogen-bond acceptors (Lipinski definition) is 5. The molecule has 5 nitrogen and oxygen atoms in total. The maximum absolute atomic E-state index is 8.74. The fourth-order valence-corrected chi connectivity index (χ4v) is 0.639. The maximum Gasteiger partial charge on any atom is 0.0882 e. The Bertz CT molecular complexity index is 86.3. The second-order valence-electron chi connectivity index (χ2n) is 2.41. The first-order valence-electron chi connectivity index (χ1n) is 3.43. The van der Waals surface area contributed by atoms with E-state index in [1.165, 1.54) is 0 Å². The summed E-state index contributed by atoms with van der Waals surface area (Å²) < 4.78 is 0. The Kier molecular flexibility index (Phi) is 5.35. The molecule has 0 saturated heterocycles. The largest absolute Gasteiger partial charge is 0.395 e. The Hall–Kier alpha value is -0.200. The minimum absolute atomic E-state index is 0.0955. The van der Waals surface area contributed by atoms with E-state index in [0.717, 1.165) is 0 Å². The van der Waals surface area contributed by atoms with Crippen LogP contribution in [0.5, 0.6) is 0 Å². The third-order valence-corrected chi connectivity index (χ3v) is 1.52. The van der Waals surface area contributed by atoms with Crippen molar-refractivity contribution in [3.05, 3.63) is 0 Å². The Morgan fingerprint density at radius 2 is 1.36 bits per heavy atom. The molecule has 0 bridgehead atoms. The predicted octanol–water partition coefficient (Wildman–Crippen LogP) is -2.72. The van der Waals surface area contributed by atoms with Crippen molar-refractivity contribution in [2.24, 2.45) is 0 Å². The van der Waals surface area contributed by atoms with E-state index in [2.05, 4.69) is 5.32 Å². The van der Waals surface area contributed by atoms with Gasteiger partial charge in [0.05, 0.1) is 32.0 Å². The summed E-state index contributed by atoms with van der Waals surface area (Å²) >= 11 is 0. The van der Waals surface area contributed by atoms with Gasteiger partial charge in [-0.05, 0) is 0 Å². The molecule has 0 saturated carbocycles. The molecule has 0 aliphatic rings. The highest BCUT2D eigenvalue weighted by molar-refractivity contribution is 4.85. The lowest BCUT2D eigenvalue weighted by Gasteiger charge is -2.28. The van der Waals surface area contributed by atoms with Crippen LogP contribution in [0.1, 0.15) is 0 Å². The smallest absolute Gasteiger partial charge is 0.0882 e. The average Bonchev–Trinajstić information content (AvgIpc) is 2.08. The SMILES string of the molecule is OCCNC(CO)(CO)CO. The summed E-state index contributed by atoms with van der Waals surface area (Å²) in [5, 5.41) is 37.3. The second-order valence-corrected chi connectivity index (χ2v) is 2.41. The van der Waals surface area contributed by atoms with Gasteiger partial charge in [-0.3, -0.25) is 0 Å². The van der Waals surface area contributed by atoms with E-state index in [4.69, 9.17) is 20.4 Å². The molecule has 0 amide bonds. The van der Waals surface area contributed by atoms with Crippen molar-refractivity contribution in [2.45, 2.75) is 5.54 Å². The van der Waals surface area contributed by atoms with Crippen molar-refractivity contribution in [1.82, 2.24) is 5.32 Å². The Balaban J connectivity index is 3.84. The van der Waals surface area contributed by atoms with Crippen LogP contribution < -0.4 is 5.32 Å². The average molecular weight is 165 g/mol. The van der Waals surface area contributed by atoms with Crippen LogP contribution in [0.25, 0.3) is 0 Å². The number of rotatable bonds is 6. The Morgan fingerprint density at radius 3 is 1.64 bits per heavy atom. The molecule has 11 heavy (non-hydrogen) atoms. The predicted molar refractivity (Wildman–Crippen MR) is 39.1 cm³/mol. The summed E-state index contributed by atoms with van der Waals surface area (Å²) in [5.74, 6) is 0. The van der Waals surface area contributed by atoms with Crippen LogP contribution in [-0.4, -0.2) is 58.9 Å². The van der Waals surface area contributed by atoms with E-state index in [-0.39, 0.29) is 33.0 Å². The van der Waals surface area contributed by atoms with Crippen LogP contribution in [0.4, 0.5) is 0 Å². The van der Waals surface area contributed by atoms with Crippen LogP contribution >= 0.6 is 0 Å². The summed E-state index contributed by atoms with van der Waals surface area (Å²) in [6.45, 7) is -0.941. The third-order valence-electron chi connectivity index (χ3n) is 1.52. The number of aliphatic hydroxyl groups excluding tert-OH is 4. The Morgan fingerprint density at radius 1 is 0.909 bits per heavy atom. The lowest BCUT2D eigenvalue weighted by atomic mass is 10.0. The van der Waals surface area contributed by atoms with E-state index in [9.17, 15) is 0 Å². The van der Waals surface area contributed by atoms with Gasteiger partial charge in [-0.1, -0.05) is 0 Å². The van der Waals surface area contributed by atoms with Gasteiger partial charge in [0.1, 0.15) is 0 Å². The molecule has 0 heterocycles. The third kappa shape index (κ3) is 3.13. The zero-order valence-corrected chi connectivity index (χ0v) is 6.32. The lowest BCUT2D eigenvalue weighted by Crippen LogP contribution is -2.55. The number of β-amino-alcohol motifs (C(OH)–C–C–N with tert-alkyl or cyclic N) is 1. The topological polar surface area (TPSA) is 93.0 Å². The molecule has 0 atom stereocenters. The van der Waals surface area contributed by atoms with Gasteiger partial charge in [-0.15, -0.1) is 0 Å². The van der Waals surface area contributed by atoms with Gasteiger partial charge in [-0.25, -0.2) is 0 Å². The van der Waals surface area contributed by atoms with Gasteiger partial charge in [0, 0.05) is 6.54 Å². The van der Waals surface area contributed by atoms with Crippen LogP contribution in [0.15, 0.2) is 0 Å². The van der Waals surface area contributed by atoms with Crippen LogP contribution in [0.3, 0.4) is 0 Å². The molecule has 0 fully saturated rings. The number of nitrogens with one attached hydrogen (secondary N) is 1. The highest BCUT2D eigenvalue weighted by atomic mass is 16.3. The highest BCUT2D eigenvalue weighted by Crippen LogP contribution is 1.99. The van der Waals surface area contributed by atoms with Crippen molar-refractivity contribution in [3.63, 3.8) is 0 Å². The molecule has 0 spiro atoms. The van der Waals surface area contributed by atoms with Gasteiger partial charge in [-0.2, -0.15) is 0 Å². The first-order chi connectivity index (χ1) is 5.24. The summed E-state index contributed by atoms with van der Waals surface area (Å²) in [6, 6.07) is 0. The van der Waals surface area contributed by atoms with E-state index in [0.29, 0.717) is 0 Å². The van der Waals surface area contributed by atoms with Crippen molar-refractivity contribution in [3.8, 4) is 0 Å². The Labute approximate surface area is 65.3 Å². The minimum Gasteiger partial charge on any atom is -0.395 e. The first kappa shape index (κ1) is 10.8. The molecule has 0 rings (SSSR count). The van der Waals surface area contributed by atoms with E-state index >= 15 is 0 Å². The normalized spacial score (nSPS) is 12.0. The van der Waals surface area contributed by atoms with Gasteiger partial charge < -0.3 is 25.7 Å². The molecular formula is C6H15NO4. The summed E-state index contributed by atoms with van der Waals surface area (Å²) in [5.41, 5.74) is -1.07. The van der Waals surface area contributed by atoms with Gasteiger partial charge >= 0.3 is 0 Å². The first-order valence-corrected chi connectivity index (χ1v) is 3.43.